The molecule has 0 saturated carbocycles. The molecule has 0 radical (unpaired) electrons. The van der Waals surface area contributed by atoms with Crippen molar-refractivity contribution in [3.8, 4) is 17.2 Å². The largest absolute Gasteiger partial charge is 0.457 e. The van der Waals surface area contributed by atoms with Gasteiger partial charge in [0.1, 0.15) is 17.2 Å². The summed E-state index contributed by atoms with van der Waals surface area (Å²) < 4.78 is 7.55. The molecule has 0 spiro atoms. The van der Waals surface area contributed by atoms with Crippen molar-refractivity contribution in [2.75, 3.05) is 31.5 Å². The Morgan fingerprint density at radius 2 is 1.84 bits per heavy atom. The zero-order valence-corrected chi connectivity index (χ0v) is 18.1. The monoisotopic (exact) mass is 432 g/mol. The molecule has 1 amide bonds. The number of hydrogen-bond acceptors (Lipinski definition) is 6. The fourth-order valence-corrected chi connectivity index (χ4v) is 4.65. The van der Waals surface area contributed by atoms with Crippen molar-refractivity contribution in [3.05, 3.63) is 66.0 Å². The summed E-state index contributed by atoms with van der Waals surface area (Å²) in [5.41, 5.74) is 8.62. The molecule has 5 rings (SSSR count). The quantitative estimate of drug-likeness (QED) is 0.574. The summed E-state index contributed by atoms with van der Waals surface area (Å²) in [6.07, 6.45) is 0.941. The molecular weight excluding hydrogens is 404 g/mol. The van der Waals surface area contributed by atoms with Crippen LogP contribution >= 0.6 is 0 Å². The Labute approximate surface area is 187 Å². The molecule has 2 aliphatic heterocycles. The van der Waals surface area contributed by atoms with E-state index in [-0.39, 0.29) is 6.04 Å². The van der Waals surface area contributed by atoms with Gasteiger partial charge >= 0.3 is 0 Å². The van der Waals surface area contributed by atoms with Gasteiger partial charge in [0.25, 0.3) is 5.91 Å². The average Bonchev–Trinajstić information content (AvgIpc) is 3.21. The van der Waals surface area contributed by atoms with Crippen LogP contribution in [0.15, 0.2) is 54.6 Å². The van der Waals surface area contributed by atoms with E-state index in [0.717, 1.165) is 55.4 Å². The number of hydrogen-bond donors (Lipinski definition) is 3. The third-order valence-corrected chi connectivity index (χ3v) is 6.19. The van der Waals surface area contributed by atoms with Crippen LogP contribution in [-0.2, 0) is 0 Å². The average molecular weight is 433 g/mol. The van der Waals surface area contributed by atoms with Crippen molar-refractivity contribution >= 4 is 11.6 Å². The van der Waals surface area contributed by atoms with Crippen LogP contribution in [0.1, 0.15) is 35.6 Å². The van der Waals surface area contributed by atoms with Gasteiger partial charge in [-0.05, 0) is 49.7 Å². The van der Waals surface area contributed by atoms with Crippen molar-refractivity contribution < 1.29 is 9.53 Å². The number of amides is 1. The Morgan fingerprint density at radius 1 is 1.09 bits per heavy atom. The molecule has 1 saturated heterocycles. The van der Waals surface area contributed by atoms with Gasteiger partial charge < -0.3 is 21.1 Å². The Morgan fingerprint density at radius 3 is 2.56 bits per heavy atom. The van der Waals surface area contributed by atoms with E-state index in [9.17, 15) is 4.79 Å². The maximum absolute atomic E-state index is 12.5. The normalized spacial score (nSPS) is 20.9. The Hall–Kier alpha value is -3.36. The van der Waals surface area contributed by atoms with Gasteiger partial charge in [0.05, 0.1) is 17.4 Å². The zero-order chi connectivity index (χ0) is 22.1. The Balaban J connectivity index is 1.48. The number of anilines is 1. The highest BCUT2D eigenvalue weighted by Crippen LogP contribution is 2.38. The number of ether oxygens (including phenoxy) is 1. The minimum absolute atomic E-state index is 0.156. The fraction of sp³-hybridized carbons (Fsp3) is 0.333. The van der Waals surface area contributed by atoms with Crippen molar-refractivity contribution in [3.63, 3.8) is 0 Å². The predicted octanol–water partition coefficient (Wildman–Crippen LogP) is 2.91. The van der Waals surface area contributed by atoms with E-state index in [4.69, 9.17) is 15.6 Å². The molecule has 32 heavy (non-hydrogen) atoms. The highest BCUT2D eigenvalue weighted by Gasteiger charge is 2.36. The lowest BCUT2D eigenvalue weighted by Gasteiger charge is -2.41. The summed E-state index contributed by atoms with van der Waals surface area (Å²) >= 11 is 0. The third kappa shape index (κ3) is 3.83. The SMILES string of the molecule is C[C@H]1CNCCN1[C@H]1CCNc2c1nn(-c1ccc(Oc3ccccc3)cc1)c2C(N)=O. The van der Waals surface area contributed by atoms with E-state index in [1.165, 1.54) is 0 Å². The first-order valence-corrected chi connectivity index (χ1v) is 11.1. The van der Waals surface area contributed by atoms with Gasteiger partial charge in [0, 0.05) is 32.2 Å². The number of rotatable bonds is 5. The summed E-state index contributed by atoms with van der Waals surface area (Å²) in [7, 11) is 0. The number of aromatic nitrogens is 2. The van der Waals surface area contributed by atoms with E-state index in [1.54, 1.807) is 4.68 Å². The minimum Gasteiger partial charge on any atom is -0.457 e. The topological polar surface area (TPSA) is 97.4 Å². The van der Waals surface area contributed by atoms with Crippen LogP contribution in [0.25, 0.3) is 5.69 Å². The Kier molecular flexibility index (Phi) is 5.55. The summed E-state index contributed by atoms with van der Waals surface area (Å²) in [6.45, 7) is 5.87. The molecule has 1 fully saturated rings. The number of benzene rings is 2. The maximum atomic E-state index is 12.5. The molecule has 2 atom stereocenters. The van der Waals surface area contributed by atoms with Gasteiger partial charge in [0.2, 0.25) is 0 Å². The lowest BCUT2D eigenvalue weighted by atomic mass is 9.99. The number of nitrogens with two attached hydrogens (primary N) is 1. The minimum atomic E-state index is -0.495. The van der Waals surface area contributed by atoms with E-state index in [1.807, 2.05) is 54.6 Å². The second-order valence-corrected chi connectivity index (χ2v) is 8.32. The summed E-state index contributed by atoms with van der Waals surface area (Å²) in [5, 5.41) is 11.7. The number of carbonyl (C=O) groups is 1. The summed E-state index contributed by atoms with van der Waals surface area (Å²) in [5.74, 6) is 0.984. The van der Waals surface area contributed by atoms with Crippen LogP contribution in [0, 0.1) is 0 Å². The second kappa shape index (κ2) is 8.64. The van der Waals surface area contributed by atoms with Crippen molar-refractivity contribution in [1.82, 2.24) is 20.0 Å². The second-order valence-electron chi connectivity index (χ2n) is 8.32. The van der Waals surface area contributed by atoms with Crippen LogP contribution in [-0.4, -0.2) is 52.8 Å². The summed E-state index contributed by atoms with van der Waals surface area (Å²) in [6, 6.07) is 17.7. The maximum Gasteiger partial charge on any atom is 0.269 e. The van der Waals surface area contributed by atoms with Crippen molar-refractivity contribution in [2.24, 2.45) is 5.73 Å². The number of nitrogens with one attached hydrogen (secondary N) is 2. The zero-order valence-electron chi connectivity index (χ0n) is 18.1. The molecule has 3 aromatic rings. The molecular formula is C24H28N6O2. The van der Waals surface area contributed by atoms with E-state index < -0.39 is 5.91 Å². The lowest BCUT2D eigenvalue weighted by Crippen LogP contribution is -2.51. The van der Waals surface area contributed by atoms with Crippen LogP contribution in [0.4, 0.5) is 5.69 Å². The molecule has 1 aromatic heterocycles. The summed E-state index contributed by atoms with van der Waals surface area (Å²) in [4.78, 5) is 14.9. The molecule has 166 valence electrons. The molecule has 2 aromatic carbocycles. The van der Waals surface area contributed by atoms with Crippen LogP contribution in [0.5, 0.6) is 11.5 Å². The van der Waals surface area contributed by atoms with Crippen LogP contribution in [0.2, 0.25) is 0 Å². The van der Waals surface area contributed by atoms with E-state index >= 15 is 0 Å². The number of piperazine rings is 1. The van der Waals surface area contributed by atoms with Gasteiger partial charge in [0.15, 0.2) is 5.69 Å². The van der Waals surface area contributed by atoms with Gasteiger partial charge in [-0.25, -0.2) is 4.68 Å². The van der Waals surface area contributed by atoms with Crippen LogP contribution < -0.4 is 21.1 Å². The van der Waals surface area contributed by atoms with Gasteiger partial charge in [-0.3, -0.25) is 9.69 Å². The van der Waals surface area contributed by atoms with Crippen molar-refractivity contribution in [1.29, 1.82) is 0 Å². The van der Waals surface area contributed by atoms with Crippen LogP contribution in [0.3, 0.4) is 0 Å². The molecule has 3 heterocycles. The van der Waals surface area contributed by atoms with Gasteiger partial charge in [-0.1, -0.05) is 18.2 Å². The fourth-order valence-electron chi connectivity index (χ4n) is 4.65. The van der Waals surface area contributed by atoms with Gasteiger partial charge in [-0.15, -0.1) is 0 Å². The molecule has 0 unspecified atom stereocenters. The molecule has 8 nitrogen and oxygen atoms in total. The number of primary amides is 1. The van der Waals surface area contributed by atoms with E-state index in [2.05, 4.69) is 22.5 Å². The first-order chi connectivity index (χ1) is 15.6. The number of carbonyl (C=O) groups excluding carboxylic acids is 1. The third-order valence-electron chi connectivity index (χ3n) is 6.19. The van der Waals surface area contributed by atoms with E-state index in [0.29, 0.717) is 17.5 Å². The smallest absolute Gasteiger partial charge is 0.269 e. The molecule has 8 heteroatoms. The molecule has 0 aliphatic carbocycles. The first kappa shape index (κ1) is 20.5. The lowest BCUT2D eigenvalue weighted by molar-refractivity contribution is 0.0993. The number of fused-ring (bicyclic) bond motifs is 1. The predicted molar refractivity (Wildman–Crippen MR) is 123 cm³/mol. The molecule has 4 N–H and O–H groups in total. The standard InChI is InChI=1S/C24H28N6O2/c1-16-15-26-13-14-29(16)20-11-12-27-22-21(20)28-30(23(22)24(25)31)17-7-9-19(10-8-17)32-18-5-3-2-4-6-18/h2-10,16,20,26-27H,11-15H2,1H3,(H2,25,31)/t16-,20-/m0/s1. The molecule has 2 aliphatic rings. The number of nitrogens with zero attached hydrogens (tertiary/aromatic N) is 3. The highest BCUT2D eigenvalue weighted by atomic mass is 16.5. The first-order valence-electron chi connectivity index (χ1n) is 11.1. The molecule has 0 bridgehead atoms. The Bertz CT molecular complexity index is 1100. The van der Waals surface area contributed by atoms with Gasteiger partial charge in [-0.2, -0.15) is 5.10 Å². The highest BCUT2D eigenvalue weighted by molar-refractivity contribution is 5.98. The number of para-hydroxylation sites is 1. The van der Waals surface area contributed by atoms with Crippen molar-refractivity contribution in [2.45, 2.75) is 25.4 Å².